The molecule has 5 heteroatoms. The van der Waals surface area contributed by atoms with Gasteiger partial charge in [0.15, 0.2) is 6.61 Å². The van der Waals surface area contributed by atoms with Crippen LogP contribution in [0.4, 0.5) is 5.69 Å². The average molecular weight is 355 g/mol. The Morgan fingerprint density at radius 2 is 1.85 bits per heavy atom. The van der Waals surface area contributed by atoms with Crippen LogP contribution in [-0.2, 0) is 20.7 Å². The first-order valence-electron chi connectivity index (χ1n) is 8.73. The standard InChI is InChI=1S/C21H25NO4/c1-4-25-19-8-6-5-7-17(19)10-12-21(24)26-14-20(23)22-18-11-9-15(2)13-16(18)3/h5-9,11,13H,4,10,12,14H2,1-3H3,(H,22,23). The van der Waals surface area contributed by atoms with E-state index in [-0.39, 0.29) is 18.9 Å². The summed E-state index contributed by atoms with van der Waals surface area (Å²) in [4.78, 5) is 23.9. The fraction of sp³-hybridized carbons (Fsp3) is 0.333. The molecule has 0 saturated carbocycles. The van der Waals surface area contributed by atoms with Crippen molar-refractivity contribution >= 4 is 17.6 Å². The van der Waals surface area contributed by atoms with Crippen LogP contribution in [0.2, 0.25) is 0 Å². The van der Waals surface area contributed by atoms with Crippen LogP contribution < -0.4 is 10.1 Å². The number of benzene rings is 2. The van der Waals surface area contributed by atoms with Crippen LogP contribution in [0.15, 0.2) is 42.5 Å². The Kier molecular flexibility index (Phi) is 7.21. The minimum absolute atomic E-state index is 0.195. The summed E-state index contributed by atoms with van der Waals surface area (Å²) >= 11 is 0. The van der Waals surface area contributed by atoms with Crippen molar-refractivity contribution < 1.29 is 19.1 Å². The highest BCUT2D eigenvalue weighted by molar-refractivity contribution is 5.93. The minimum Gasteiger partial charge on any atom is -0.494 e. The summed E-state index contributed by atoms with van der Waals surface area (Å²) in [5, 5.41) is 2.76. The Hall–Kier alpha value is -2.82. The highest BCUT2D eigenvalue weighted by atomic mass is 16.5. The molecular weight excluding hydrogens is 330 g/mol. The predicted octanol–water partition coefficient (Wildman–Crippen LogP) is 3.82. The third kappa shape index (κ3) is 5.92. The summed E-state index contributed by atoms with van der Waals surface area (Å²) in [6.07, 6.45) is 0.703. The van der Waals surface area contributed by atoms with Crippen LogP contribution in [0.1, 0.15) is 30.0 Å². The Labute approximate surface area is 154 Å². The average Bonchev–Trinajstić information content (AvgIpc) is 2.62. The summed E-state index contributed by atoms with van der Waals surface area (Å²) in [6, 6.07) is 13.3. The van der Waals surface area contributed by atoms with E-state index in [0.29, 0.717) is 13.0 Å². The molecule has 2 aromatic carbocycles. The molecule has 0 aliphatic rings. The maximum Gasteiger partial charge on any atom is 0.306 e. The normalized spacial score (nSPS) is 10.3. The molecule has 5 nitrogen and oxygen atoms in total. The number of anilines is 1. The molecule has 0 unspecified atom stereocenters. The minimum atomic E-state index is -0.410. The third-order valence-electron chi connectivity index (χ3n) is 3.89. The number of hydrogen-bond donors (Lipinski definition) is 1. The number of ether oxygens (including phenoxy) is 2. The second-order valence-corrected chi connectivity index (χ2v) is 6.07. The molecule has 0 bridgehead atoms. The third-order valence-corrected chi connectivity index (χ3v) is 3.89. The number of hydrogen-bond acceptors (Lipinski definition) is 4. The van der Waals surface area contributed by atoms with Crippen molar-refractivity contribution in [3.05, 3.63) is 59.2 Å². The molecule has 0 saturated heterocycles. The van der Waals surface area contributed by atoms with E-state index in [1.54, 1.807) is 0 Å². The smallest absolute Gasteiger partial charge is 0.306 e. The van der Waals surface area contributed by atoms with Gasteiger partial charge in [-0.1, -0.05) is 35.9 Å². The van der Waals surface area contributed by atoms with Crippen molar-refractivity contribution in [2.24, 2.45) is 0 Å². The van der Waals surface area contributed by atoms with E-state index in [4.69, 9.17) is 9.47 Å². The van der Waals surface area contributed by atoms with Gasteiger partial charge >= 0.3 is 5.97 Å². The number of aryl methyl sites for hydroxylation is 3. The molecule has 0 aliphatic carbocycles. The Balaban J connectivity index is 1.79. The lowest BCUT2D eigenvalue weighted by Gasteiger charge is -2.11. The van der Waals surface area contributed by atoms with Crippen molar-refractivity contribution in [2.75, 3.05) is 18.5 Å². The molecule has 1 amide bonds. The molecule has 0 aliphatic heterocycles. The van der Waals surface area contributed by atoms with Crippen LogP contribution >= 0.6 is 0 Å². The molecule has 26 heavy (non-hydrogen) atoms. The van der Waals surface area contributed by atoms with Gasteiger partial charge in [0.25, 0.3) is 5.91 Å². The largest absolute Gasteiger partial charge is 0.494 e. The molecule has 0 radical (unpaired) electrons. The van der Waals surface area contributed by atoms with Crippen LogP contribution in [0.25, 0.3) is 0 Å². The number of rotatable bonds is 8. The van der Waals surface area contributed by atoms with Crippen LogP contribution in [0.5, 0.6) is 5.75 Å². The van der Waals surface area contributed by atoms with Gasteiger partial charge in [-0.15, -0.1) is 0 Å². The van der Waals surface area contributed by atoms with Gasteiger partial charge in [-0.2, -0.15) is 0 Å². The van der Waals surface area contributed by atoms with E-state index in [1.165, 1.54) is 0 Å². The molecule has 0 fully saturated rings. The van der Waals surface area contributed by atoms with Crippen molar-refractivity contribution in [1.29, 1.82) is 0 Å². The second kappa shape index (κ2) is 9.61. The number of esters is 1. The SMILES string of the molecule is CCOc1ccccc1CCC(=O)OCC(=O)Nc1ccc(C)cc1C. The molecule has 0 spiro atoms. The number of para-hydroxylation sites is 1. The zero-order chi connectivity index (χ0) is 18.9. The fourth-order valence-electron chi connectivity index (χ4n) is 2.60. The number of nitrogens with one attached hydrogen (secondary N) is 1. The van der Waals surface area contributed by atoms with E-state index < -0.39 is 5.97 Å². The van der Waals surface area contributed by atoms with Gasteiger partial charge in [0, 0.05) is 12.1 Å². The van der Waals surface area contributed by atoms with E-state index in [0.717, 1.165) is 28.1 Å². The summed E-state index contributed by atoms with van der Waals surface area (Å²) in [5.41, 5.74) is 3.77. The number of carbonyl (C=O) groups is 2. The lowest BCUT2D eigenvalue weighted by Crippen LogP contribution is -2.21. The Morgan fingerprint density at radius 3 is 2.58 bits per heavy atom. The Bertz CT molecular complexity index is 770. The summed E-state index contributed by atoms with van der Waals surface area (Å²) in [6.45, 7) is 6.10. The summed E-state index contributed by atoms with van der Waals surface area (Å²) in [5.74, 6) is 0.0162. The molecule has 138 valence electrons. The lowest BCUT2D eigenvalue weighted by atomic mass is 10.1. The number of carbonyl (C=O) groups excluding carboxylic acids is 2. The van der Waals surface area contributed by atoms with E-state index in [2.05, 4.69) is 5.32 Å². The van der Waals surface area contributed by atoms with E-state index in [1.807, 2.05) is 63.2 Å². The van der Waals surface area contributed by atoms with Crippen molar-refractivity contribution in [1.82, 2.24) is 0 Å². The predicted molar refractivity (Wildman–Crippen MR) is 101 cm³/mol. The first-order chi connectivity index (χ1) is 12.5. The van der Waals surface area contributed by atoms with Crippen LogP contribution in [0, 0.1) is 13.8 Å². The molecule has 1 N–H and O–H groups in total. The van der Waals surface area contributed by atoms with Gasteiger partial charge in [-0.25, -0.2) is 0 Å². The van der Waals surface area contributed by atoms with Crippen molar-refractivity contribution in [3.8, 4) is 5.75 Å². The molecule has 0 aromatic heterocycles. The molecule has 0 atom stereocenters. The monoisotopic (exact) mass is 355 g/mol. The van der Waals surface area contributed by atoms with E-state index >= 15 is 0 Å². The first kappa shape index (κ1) is 19.5. The highest BCUT2D eigenvalue weighted by Crippen LogP contribution is 2.20. The van der Waals surface area contributed by atoms with Crippen molar-refractivity contribution in [3.63, 3.8) is 0 Å². The van der Waals surface area contributed by atoms with Gasteiger partial charge in [-0.3, -0.25) is 9.59 Å². The summed E-state index contributed by atoms with van der Waals surface area (Å²) < 4.78 is 10.6. The van der Waals surface area contributed by atoms with Gasteiger partial charge < -0.3 is 14.8 Å². The van der Waals surface area contributed by atoms with Gasteiger partial charge in [0.1, 0.15) is 5.75 Å². The van der Waals surface area contributed by atoms with Crippen LogP contribution in [0.3, 0.4) is 0 Å². The number of amides is 1. The Morgan fingerprint density at radius 1 is 1.08 bits per heavy atom. The topological polar surface area (TPSA) is 64.6 Å². The zero-order valence-electron chi connectivity index (χ0n) is 15.5. The maximum atomic E-state index is 12.0. The lowest BCUT2D eigenvalue weighted by molar-refractivity contribution is -0.147. The van der Waals surface area contributed by atoms with Gasteiger partial charge in [-0.05, 0) is 50.5 Å². The van der Waals surface area contributed by atoms with Gasteiger partial charge in [0.2, 0.25) is 0 Å². The molecular formula is C21H25NO4. The first-order valence-corrected chi connectivity index (χ1v) is 8.73. The quantitative estimate of drug-likeness (QED) is 0.731. The fourth-order valence-corrected chi connectivity index (χ4v) is 2.60. The van der Waals surface area contributed by atoms with Gasteiger partial charge in [0.05, 0.1) is 6.61 Å². The zero-order valence-corrected chi connectivity index (χ0v) is 15.5. The van der Waals surface area contributed by atoms with E-state index in [9.17, 15) is 9.59 Å². The van der Waals surface area contributed by atoms with Crippen molar-refractivity contribution in [2.45, 2.75) is 33.6 Å². The molecule has 0 heterocycles. The molecule has 2 rings (SSSR count). The molecule has 2 aromatic rings. The maximum absolute atomic E-state index is 12.0. The second-order valence-electron chi connectivity index (χ2n) is 6.07. The highest BCUT2D eigenvalue weighted by Gasteiger charge is 2.11. The summed E-state index contributed by atoms with van der Waals surface area (Å²) in [7, 11) is 0. The van der Waals surface area contributed by atoms with Crippen LogP contribution in [-0.4, -0.2) is 25.1 Å².